The van der Waals surface area contributed by atoms with Crippen molar-refractivity contribution in [3.8, 4) is 0 Å². The van der Waals surface area contributed by atoms with Gasteiger partial charge < -0.3 is 19.9 Å². The van der Waals surface area contributed by atoms with Crippen molar-refractivity contribution in [1.29, 1.82) is 0 Å². The lowest BCUT2D eigenvalue weighted by Gasteiger charge is -2.22. The van der Waals surface area contributed by atoms with E-state index in [0.29, 0.717) is 0 Å². The van der Waals surface area contributed by atoms with E-state index in [2.05, 4.69) is 10.1 Å². The summed E-state index contributed by atoms with van der Waals surface area (Å²) in [5.41, 5.74) is -2.18. The van der Waals surface area contributed by atoms with Gasteiger partial charge in [0.2, 0.25) is 0 Å². The summed E-state index contributed by atoms with van der Waals surface area (Å²) in [4.78, 5) is 22.4. The van der Waals surface area contributed by atoms with Crippen LogP contribution >= 0.6 is 0 Å². The van der Waals surface area contributed by atoms with Crippen LogP contribution in [0.2, 0.25) is 0 Å². The van der Waals surface area contributed by atoms with Gasteiger partial charge in [-0.2, -0.15) is 0 Å². The molecule has 0 aliphatic heterocycles. The number of methoxy groups -OCH3 is 1. The fourth-order valence-corrected chi connectivity index (χ4v) is 1.04. The third-order valence-electron chi connectivity index (χ3n) is 1.91. The van der Waals surface area contributed by atoms with Gasteiger partial charge in [-0.3, -0.25) is 0 Å². The molecular formula is C11H21NO5. The number of amides is 1. The van der Waals surface area contributed by atoms with Gasteiger partial charge in [0.15, 0.2) is 5.60 Å². The first kappa shape index (κ1) is 15.7. The van der Waals surface area contributed by atoms with Crippen LogP contribution in [-0.4, -0.2) is 42.0 Å². The summed E-state index contributed by atoms with van der Waals surface area (Å²) in [6.07, 6.45) is -0.531. The quantitative estimate of drug-likeness (QED) is 0.719. The third-order valence-corrected chi connectivity index (χ3v) is 1.91. The first-order valence-corrected chi connectivity index (χ1v) is 5.36. The summed E-state index contributed by atoms with van der Waals surface area (Å²) < 4.78 is 9.41. The SMILES string of the molecule is COC(=O)C(C)(O)CCNC(=O)OC(C)(C)C. The van der Waals surface area contributed by atoms with E-state index >= 15 is 0 Å². The van der Waals surface area contributed by atoms with E-state index in [0.717, 1.165) is 0 Å². The molecule has 1 unspecified atom stereocenters. The van der Waals surface area contributed by atoms with Crippen LogP contribution < -0.4 is 5.32 Å². The maximum absolute atomic E-state index is 11.3. The van der Waals surface area contributed by atoms with E-state index in [1.807, 2.05) is 0 Å². The lowest BCUT2D eigenvalue weighted by atomic mass is 10.0. The van der Waals surface area contributed by atoms with Gasteiger partial charge in [0.1, 0.15) is 5.60 Å². The summed E-state index contributed by atoms with van der Waals surface area (Å²) in [5.74, 6) is -0.733. The molecule has 1 atom stereocenters. The molecule has 0 bridgehead atoms. The van der Waals surface area contributed by atoms with E-state index in [9.17, 15) is 14.7 Å². The van der Waals surface area contributed by atoms with Crippen LogP contribution in [0, 0.1) is 0 Å². The molecule has 0 spiro atoms. The van der Waals surface area contributed by atoms with Gasteiger partial charge in [-0.05, 0) is 27.7 Å². The van der Waals surface area contributed by atoms with Crippen molar-refractivity contribution in [2.24, 2.45) is 0 Å². The zero-order valence-corrected chi connectivity index (χ0v) is 11.0. The average molecular weight is 247 g/mol. The molecule has 0 saturated carbocycles. The number of alkyl carbamates (subject to hydrolysis) is 1. The monoisotopic (exact) mass is 247 g/mol. The molecule has 1 amide bonds. The fourth-order valence-electron chi connectivity index (χ4n) is 1.04. The number of hydrogen-bond acceptors (Lipinski definition) is 5. The molecule has 0 aromatic carbocycles. The highest BCUT2D eigenvalue weighted by Gasteiger charge is 2.31. The van der Waals surface area contributed by atoms with Crippen LogP contribution in [0.4, 0.5) is 4.79 Å². The maximum atomic E-state index is 11.3. The molecule has 6 heteroatoms. The number of carbonyl (C=O) groups excluding carboxylic acids is 2. The lowest BCUT2D eigenvalue weighted by molar-refractivity contribution is -0.160. The molecule has 17 heavy (non-hydrogen) atoms. The Balaban J connectivity index is 4.00. The van der Waals surface area contributed by atoms with Gasteiger partial charge >= 0.3 is 12.1 Å². The average Bonchev–Trinajstić information content (AvgIpc) is 2.13. The third kappa shape index (κ3) is 6.78. The summed E-state index contributed by atoms with van der Waals surface area (Å²) in [6, 6.07) is 0. The van der Waals surface area contributed by atoms with E-state index in [-0.39, 0.29) is 13.0 Å². The van der Waals surface area contributed by atoms with E-state index in [1.54, 1.807) is 20.8 Å². The molecular weight excluding hydrogens is 226 g/mol. The van der Waals surface area contributed by atoms with Crippen molar-refractivity contribution < 1.29 is 24.2 Å². The highest BCUT2D eigenvalue weighted by atomic mass is 16.6. The number of rotatable bonds is 4. The standard InChI is InChI=1S/C11H21NO5/c1-10(2,3)17-9(14)12-7-6-11(4,15)8(13)16-5/h15H,6-7H2,1-5H3,(H,12,14). The van der Waals surface area contributed by atoms with Crippen LogP contribution in [0.5, 0.6) is 0 Å². The highest BCUT2D eigenvalue weighted by Crippen LogP contribution is 2.11. The zero-order valence-electron chi connectivity index (χ0n) is 11.0. The molecule has 0 aliphatic rings. The second-order valence-corrected chi connectivity index (χ2v) is 4.94. The number of aliphatic hydroxyl groups is 1. The molecule has 6 nitrogen and oxygen atoms in total. The predicted molar refractivity (Wildman–Crippen MR) is 61.5 cm³/mol. The Morgan fingerprint density at radius 3 is 2.18 bits per heavy atom. The van der Waals surface area contributed by atoms with Gasteiger partial charge in [0.05, 0.1) is 7.11 Å². The number of hydrogen-bond donors (Lipinski definition) is 2. The lowest BCUT2D eigenvalue weighted by Crippen LogP contribution is -2.41. The van der Waals surface area contributed by atoms with Crippen LogP contribution in [-0.2, 0) is 14.3 Å². The first-order valence-electron chi connectivity index (χ1n) is 5.36. The van der Waals surface area contributed by atoms with Crippen molar-refractivity contribution in [2.45, 2.75) is 45.3 Å². The molecule has 0 heterocycles. The van der Waals surface area contributed by atoms with Crippen molar-refractivity contribution in [2.75, 3.05) is 13.7 Å². The zero-order chi connectivity index (χ0) is 13.7. The first-order chi connectivity index (χ1) is 7.58. The van der Waals surface area contributed by atoms with Gasteiger partial charge in [0.25, 0.3) is 0 Å². The molecule has 0 fully saturated rings. The number of carbonyl (C=O) groups is 2. The molecule has 0 aromatic rings. The normalized spacial score (nSPS) is 14.7. The van der Waals surface area contributed by atoms with Crippen LogP contribution in [0.1, 0.15) is 34.1 Å². The minimum atomic E-state index is -1.61. The van der Waals surface area contributed by atoms with E-state index in [4.69, 9.17) is 4.74 Å². The molecule has 0 rings (SSSR count). The topological polar surface area (TPSA) is 84.9 Å². The molecule has 0 saturated heterocycles. The van der Waals surface area contributed by atoms with Crippen LogP contribution in [0.25, 0.3) is 0 Å². The summed E-state index contributed by atoms with van der Waals surface area (Å²) in [7, 11) is 1.19. The Hall–Kier alpha value is -1.30. The highest BCUT2D eigenvalue weighted by molar-refractivity contribution is 5.78. The second kappa shape index (κ2) is 5.86. The van der Waals surface area contributed by atoms with E-state index < -0.39 is 23.3 Å². The number of ether oxygens (including phenoxy) is 2. The van der Waals surface area contributed by atoms with Crippen molar-refractivity contribution >= 4 is 12.1 Å². The number of nitrogens with one attached hydrogen (secondary N) is 1. The maximum Gasteiger partial charge on any atom is 0.407 e. The van der Waals surface area contributed by atoms with Crippen molar-refractivity contribution in [1.82, 2.24) is 5.32 Å². The van der Waals surface area contributed by atoms with E-state index in [1.165, 1.54) is 14.0 Å². The minimum absolute atomic E-state index is 0.0545. The van der Waals surface area contributed by atoms with Gasteiger partial charge in [0, 0.05) is 13.0 Å². The Bertz CT molecular complexity index is 280. The smallest absolute Gasteiger partial charge is 0.407 e. The second-order valence-electron chi connectivity index (χ2n) is 4.94. The Morgan fingerprint density at radius 2 is 1.76 bits per heavy atom. The van der Waals surface area contributed by atoms with Crippen LogP contribution in [0.15, 0.2) is 0 Å². The summed E-state index contributed by atoms with van der Waals surface area (Å²) >= 11 is 0. The van der Waals surface area contributed by atoms with Gasteiger partial charge in [-0.15, -0.1) is 0 Å². The summed E-state index contributed by atoms with van der Waals surface area (Å²) in [6.45, 7) is 6.69. The Morgan fingerprint density at radius 1 is 1.24 bits per heavy atom. The van der Waals surface area contributed by atoms with Crippen molar-refractivity contribution in [3.05, 3.63) is 0 Å². The molecule has 0 aromatic heterocycles. The Kier molecular flexibility index (Phi) is 5.41. The molecule has 0 radical (unpaired) electrons. The largest absolute Gasteiger partial charge is 0.467 e. The van der Waals surface area contributed by atoms with Gasteiger partial charge in [-0.25, -0.2) is 9.59 Å². The molecule has 100 valence electrons. The molecule has 0 aliphatic carbocycles. The number of esters is 1. The minimum Gasteiger partial charge on any atom is -0.467 e. The predicted octanol–water partition coefficient (Wildman–Crippen LogP) is 0.825. The summed E-state index contributed by atoms with van der Waals surface area (Å²) in [5, 5.41) is 12.1. The Labute approximate surface area is 101 Å². The molecule has 2 N–H and O–H groups in total. The van der Waals surface area contributed by atoms with Gasteiger partial charge in [-0.1, -0.05) is 0 Å². The fraction of sp³-hybridized carbons (Fsp3) is 0.818. The van der Waals surface area contributed by atoms with Crippen molar-refractivity contribution in [3.63, 3.8) is 0 Å². The van der Waals surface area contributed by atoms with Crippen LogP contribution in [0.3, 0.4) is 0 Å².